The number of piperidine rings is 2. The van der Waals surface area contributed by atoms with Crippen LogP contribution in [0.4, 0.5) is 0 Å². The number of amides is 1. The molecule has 1 aromatic carbocycles. The first kappa shape index (κ1) is 19.0. The number of rotatable bonds is 2. The molecule has 24 heavy (non-hydrogen) atoms. The van der Waals surface area contributed by atoms with Crippen LogP contribution in [-0.2, 0) is 0 Å². The van der Waals surface area contributed by atoms with Gasteiger partial charge in [-0.2, -0.15) is 0 Å². The Balaban J connectivity index is 0.00000100. The molecule has 0 aliphatic carbocycles. The molecule has 3 nitrogen and oxygen atoms in total. The van der Waals surface area contributed by atoms with Crippen LogP contribution in [0.15, 0.2) is 24.3 Å². The number of nitrogens with one attached hydrogen (secondary N) is 1. The van der Waals surface area contributed by atoms with Crippen LogP contribution in [0.2, 0.25) is 0 Å². The fourth-order valence-corrected chi connectivity index (χ4v) is 3.88. The van der Waals surface area contributed by atoms with Crippen LogP contribution in [0.1, 0.15) is 81.6 Å². The largest absolute Gasteiger partial charge is 0.337 e. The summed E-state index contributed by atoms with van der Waals surface area (Å²) in [5.74, 6) is 0.704. The Kier molecular flexibility index (Phi) is 6.85. The van der Waals surface area contributed by atoms with E-state index in [1.165, 1.54) is 31.2 Å². The quantitative estimate of drug-likeness (QED) is 0.860. The molecule has 1 spiro atoms. The fraction of sp³-hybridized carbons (Fsp3) is 0.667. The second-order valence-corrected chi connectivity index (χ2v) is 7.27. The van der Waals surface area contributed by atoms with Gasteiger partial charge in [-0.3, -0.25) is 4.79 Å². The zero-order valence-electron chi connectivity index (χ0n) is 15.9. The minimum absolute atomic E-state index is 0.185. The van der Waals surface area contributed by atoms with E-state index in [0.29, 0.717) is 5.92 Å². The van der Waals surface area contributed by atoms with E-state index in [-0.39, 0.29) is 11.4 Å². The average Bonchev–Trinajstić information content (AvgIpc) is 2.63. The molecule has 2 fully saturated rings. The van der Waals surface area contributed by atoms with Crippen molar-refractivity contribution in [2.24, 2.45) is 0 Å². The minimum atomic E-state index is 0.185. The predicted molar refractivity (Wildman–Crippen MR) is 102 cm³/mol. The van der Waals surface area contributed by atoms with Crippen molar-refractivity contribution in [3.63, 3.8) is 0 Å². The molecule has 2 heterocycles. The summed E-state index contributed by atoms with van der Waals surface area (Å²) >= 11 is 0. The molecule has 0 bridgehead atoms. The molecule has 3 heteroatoms. The van der Waals surface area contributed by atoms with Gasteiger partial charge in [0.1, 0.15) is 0 Å². The summed E-state index contributed by atoms with van der Waals surface area (Å²) < 4.78 is 0. The normalized spacial score (nSPS) is 23.8. The highest BCUT2D eigenvalue weighted by Gasteiger charge is 2.37. The van der Waals surface area contributed by atoms with Crippen LogP contribution in [0.25, 0.3) is 0 Å². The average molecular weight is 331 g/mol. The first-order chi connectivity index (χ1) is 11.6. The van der Waals surface area contributed by atoms with E-state index >= 15 is 0 Å². The number of benzene rings is 1. The molecule has 2 aliphatic heterocycles. The second kappa shape index (κ2) is 8.66. The van der Waals surface area contributed by atoms with Crippen molar-refractivity contribution in [1.82, 2.24) is 10.2 Å². The van der Waals surface area contributed by atoms with E-state index in [2.05, 4.69) is 36.2 Å². The van der Waals surface area contributed by atoms with Crippen LogP contribution < -0.4 is 5.32 Å². The van der Waals surface area contributed by atoms with Crippen molar-refractivity contribution in [1.29, 1.82) is 0 Å². The third-order valence-electron chi connectivity index (χ3n) is 5.27. The molecule has 1 atom stereocenters. The lowest BCUT2D eigenvalue weighted by Crippen LogP contribution is -2.59. The maximum Gasteiger partial charge on any atom is 0.253 e. The molecule has 1 aromatic rings. The van der Waals surface area contributed by atoms with Gasteiger partial charge in [-0.05, 0) is 55.8 Å². The van der Waals surface area contributed by atoms with Gasteiger partial charge >= 0.3 is 0 Å². The molecule has 2 saturated heterocycles. The molecule has 1 N–H and O–H groups in total. The van der Waals surface area contributed by atoms with Gasteiger partial charge in [0.05, 0.1) is 0 Å². The zero-order valence-corrected chi connectivity index (χ0v) is 15.9. The summed E-state index contributed by atoms with van der Waals surface area (Å²) in [4.78, 5) is 14.9. The van der Waals surface area contributed by atoms with Crippen molar-refractivity contribution in [3.05, 3.63) is 35.4 Å². The predicted octanol–water partition coefficient (Wildman–Crippen LogP) is 4.58. The number of nitrogens with zero attached hydrogens (tertiary/aromatic N) is 1. The molecule has 0 saturated carbocycles. The van der Waals surface area contributed by atoms with Gasteiger partial charge in [0.25, 0.3) is 5.91 Å². The molecule has 3 rings (SSSR count). The molecule has 0 aromatic heterocycles. The van der Waals surface area contributed by atoms with Crippen LogP contribution in [0.3, 0.4) is 0 Å². The molecular formula is C21H34N2O. The van der Waals surface area contributed by atoms with Crippen LogP contribution >= 0.6 is 0 Å². The van der Waals surface area contributed by atoms with Gasteiger partial charge in [0.2, 0.25) is 0 Å². The van der Waals surface area contributed by atoms with Gasteiger partial charge in [-0.25, -0.2) is 0 Å². The van der Waals surface area contributed by atoms with Crippen molar-refractivity contribution in [2.75, 3.05) is 19.6 Å². The SMILES string of the molecule is CC.CC(C)c1ccc(C(=O)N2CCCC3(CCCCN3)C2)cc1. The van der Waals surface area contributed by atoms with Gasteiger partial charge in [-0.1, -0.05) is 46.2 Å². The zero-order chi connectivity index (χ0) is 17.6. The van der Waals surface area contributed by atoms with E-state index in [1.807, 2.05) is 26.0 Å². The van der Waals surface area contributed by atoms with E-state index in [4.69, 9.17) is 0 Å². The lowest BCUT2D eigenvalue weighted by atomic mass is 9.81. The number of carbonyl (C=O) groups is 1. The van der Waals surface area contributed by atoms with Crippen LogP contribution in [0.5, 0.6) is 0 Å². The van der Waals surface area contributed by atoms with Gasteiger partial charge in [0.15, 0.2) is 0 Å². The third kappa shape index (κ3) is 4.38. The summed E-state index contributed by atoms with van der Waals surface area (Å²) in [7, 11) is 0. The molecule has 134 valence electrons. The highest BCUT2D eigenvalue weighted by molar-refractivity contribution is 5.94. The summed E-state index contributed by atoms with van der Waals surface area (Å²) in [5.41, 5.74) is 2.31. The Morgan fingerprint density at radius 2 is 1.75 bits per heavy atom. The van der Waals surface area contributed by atoms with E-state index in [9.17, 15) is 4.79 Å². The Morgan fingerprint density at radius 3 is 2.33 bits per heavy atom. The smallest absolute Gasteiger partial charge is 0.253 e. The summed E-state index contributed by atoms with van der Waals surface area (Å²) in [5, 5.41) is 3.70. The highest BCUT2D eigenvalue weighted by Crippen LogP contribution is 2.30. The third-order valence-corrected chi connectivity index (χ3v) is 5.27. The topological polar surface area (TPSA) is 32.3 Å². The lowest BCUT2D eigenvalue weighted by Gasteiger charge is -2.46. The summed E-state index contributed by atoms with van der Waals surface area (Å²) in [6, 6.07) is 8.17. The highest BCUT2D eigenvalue weighted by atomic mass is 16.2. The first-order valence-electron chi connectivity index (χ1n) is 9.74. The standard InChI is InChI=1S/C19H28N2O.C2H6/c1-15(2)16-6-8-17(9-7-16)18(22)21-13-5-11-19(14-21)10-3-4-12-20-19;1-2/h6-9,15,20H,3-5,10-14H2,1-2H3;1-2H3. The van der Waals surface area contributed by atoms with Crippen molar-refractivity contribution < 1.29 is 4.79 Å². The molecular weight excluding hydrogens is 296 g/mol. The Hall–Kier alpha value is -1.35. The van der Waals surface area contributed by atoms with Crippen LogP contribution in [-0.4, -0.2) is 36.0 Å². The van der Waals surface area contributed by atoms with E-state index in [1.54, 1.807) is 0 Å². The molecule has 2 aliphatic rings. The Labute approximate surface area is 147 Å². The second-order valence-electron chi connectivity index (χ2n) is 7.27. The number of hydrogen-bond acceptors (Lipinski definition) is 2. The maximum atomic E-state index is 12.8. The molecule has 1 unspecified atom stereocenters. The Bertz CT molecular complexity index is 510. The van der Waals surface area contributed by atoms with E-state index < -0.39 is 0 Å². The van der Waals surface area contributed by atoms with Gasteiger partial charge in [0, 0.05) is 24.2 Å². The minimum Gasteiger partial charge on any atom is -0.337 e. The van der Waals surface area contributed by atoms with Crippen molar-refractivity contribution >= 4 is 5.91 Å². The first-order valence-corrected chi connectivity index (χ1v) is 9.74. The van der Waals surface area contributed by atoms with Crippen LogP contribution in [0, 0.1) is 0 Å². The summed E-state index contributed by atoms with van der Waals surface area (Å²) in [6.45, 7) is 11.2. The van der Waals surface area contributed by atoms with Crippen molar-refractivity contribution in [2.45, 2.75) is 71.3 Å². The Morgan fingerprint density at radius 1 is 1.08 bits per heavy atom. The van der Waals surface area contributed by atoms with Crippen molar-refractivity contribution in [3.8, 4) is 0 Å². The number of likely N-dealkylation sites (tertiary alicyclic amines) is 1. The van der Waals surface area contributed by atoms with E-state index in [0.717, 1.165) is 31.6 Å². The monoisotopic (exact) mass is 330 g/mol. The number of hydrogen-bond donors (Lipinski definition) is 1. The molecule has 1 amide bonds. The fourth-order valence-electron chi connectivity index (χ4n) is 3.88. The number of carbonyl (C=O) groups excluding carboxylic acids is 1. The summed E-state index contributed by atoms with van der Waals surface area (Å²) in [6.07, 6.45) is 6.10. The van der Waals surface area contributed by atoms with Gasteiger partial charge in [-0.15, -0.1) is 0 Å². The molecule has 0 radical (unpaired) electrons. The maximum absolute atomic E-state index is 12.8. The lowest BCUT2D eigenvalue weighted by molar-refractivity contribution is 0.0555. The van der Waals surface area contributed by atoms with Gasteiger partial charge < -0.3 is 10.2 Å².